The third-order valence-electron chi connectivity index (χ3n) is 3.16. The van der Waals surface area contributed by atoms with Crippen LogP contribution in [0.3, 0.4) is 0 Å². The van der Waals surface area contributed by atoms with Crippen LogP contribution in [0.4, 0.5) is 10.2 Å². The second kappa shape index (κ2) is 5.33. The predicted octanol–water partition coefficient (Wildman–Crippen LogP) is 4.80. The molecule has 0 radical (unpaired) electrons. The summed E-state index contributed by atoms with van der Waals surface area (Å²) in [5, 5.41) is 3.82. The molecule has 0 aliphatic heterocycles. The first-order valence-corrected chi connectivity index (χ1v) is 7.12. The zero-order valence-corrected chi connectivity index (χ0v) is 12.8. The van der Waals surface area contributed by atoms with Crippen molar-refractivity contribution < 1.29 is 8.91 Å². The summed E-state index contributed by atoms with van der Waals surface area (Å²) in [7, 11) is 0. The van der Waals surface area contributed by atoms with Gasteiger partial charge in [0.15, 0.2) is 11.6 Å². The summed E-state index contributed by atoms with van der Waals surface area (Å²) >= 11 is 3.39. The Morgan fingerprint density at radius 1 is 1.10 bits per heavy atom. The normalized spacial score (nSPS) is 10.8. The van der Waals surface area contributed by atoms with E-state index in [4.69, 9.17) is 10.3 Å². The lowest BCUT2D eigenvalue weighted by atomic mass is 10.0. The lowest BCUT2D eigenvalue weighted by Gasteiger charge is -2.04. The number of aryl methyl sites for hydroxylation is 1. The topological polar surface area (TPSA) is 52.0 Å². The monoisotopic (exact) mass is 346 g/mol. The lowest BCUT2D eigenvalue weighted by Crippen LogP contribution is -1.89. The average Bonchev–Trinajstić information content (AvgIpc) is 2.80. The molecule has 0 aliphatic rings. The zero-order chi connectivity index (χ0) is 15.0. The third-order valence-corrected chi connectivity index (χ3v) is 3.68. The first-order valence-electron chi connectivity index (χ1n) is 6.33. The molecule has 0 saturated heterocycles. The van der Waals surface area contributed by atoms with Gasteiger partial charge in [0.05, 0.1) is 5.56 Å². The van der Waals surface area contributed by atoms with Gasteiger partial charge in [0.2, 0.25) is 0 Å². The number of anilines is 1. The predicted molar refractivity (Wildman–Crippen MR) is 84.2 cm³/mol. The fraction of sp³-hybridized carbons (Fsp3) is 0.0625. The van der Waals surface area contributed by atoms with Gasteiger partial charge >= 0.3 is 0 Å². The molecule has 0 saturated carbocycles. The number of rotatable bonds is 2. The Morgan fingerprint density at radius 2 is 1.81 bits per heavy atom. The van der Waals surface area contributed by atoms with E-state index in [0.717, 1.165) is 15.6 Å². The SMILES string of the molecule is Cc1cc(F)cc(-c2onc(N)c2-c2ccc(Br)cc2)c1. The van der Waals surface area contributed by atoms with Gasteiger partial charge in [-0.05, 0) is 48.4 Å². The highest BCUT2D eigenvalue weighted by Crippen LogP contribution is 2.37. The number of benzene rings is 2. The summed E-state index contributed by atoms with van der Waals surface area (Å²) in [4.78, 5) is 0. The van der Waals surface area contributed by atoms with Crippen molar-refractivity contribution in [2.24, 2.45) is 0 Å². The van der Waals surface area contributed by atoms with Crippen LogP contribution >= 0.6 is 15.9 Å². The first kappa shape index (κ1) is 13.8. The fourth-order valence-electron chi connectivity index (χ4n) is 2.26. The van der Waals surface area contributed by atoms with E-state index >= 15 is 0 Å². The molecule has 0 unspecified atom stereocenters. The van der Waals surface area contributed by atoms with E-state index in [2.05, 4.69) is 21.1 Å². The van der Waals surface area contributed by atoms with Crippen LogP contribution in [0, 0.1) is 12.7 Å². The molecule has 21 heavy (non-hydrogen) atoms. The van der Waals surface area contributed by atoms with E-state index in [0.29, 0.717) is 16.9 Å². The number of hydrogen-bond acceptors (Lipinski definition) is 3. The van der Waals surface area contributed by atoms with E-state index in [9.17, 15) is 4.39 Å². The minimum atomic E-state index is -0.318. The molecule has 0 fully saturated rings. The molecule has 5 heteroatoms. The maximum Gasteiger partial charge on any atom is 0.177 e. The minimum absolute atomic E-state index is 0.286. The summed E-state index contributed by atoms with van der Waals surface area (Å²) in [5.41, 5.74) is 8.88. The second-order valence-electron chi connectivity index (χ2n) is 4.80. The van der Waals surface area contributed by atoms with Gasteiger partial charge in [-0.2, -0.15) is 0 Å². The molecule has 0 bridgehead atoms. The van der Waals surface area contributed by atoms with Gasteiger partial charge < -0.3 is 10.3 Å². The number of nitrogens with zero attached hydrogens (tertiary/aromatic N) is 1. The van der Waals surface area contributed by atoms with Crippen LogP contribution in [0.1, 0.15) is 5.56 Å². The van der Waals surface area contributed by atoms with Crippen molar-refractivity contribution in [3.8, 4) is 22.5 Å². The highest BCUT2D eigenvalue weighted by molar-refractivity contribution is 9.10. The summed E-state index contributed by atoms with van der Waals surface area (Å²) in [6, 6.07) is 12.3. The molecule has 0 spiro atoms. The Balaban J connectivity index is 2.19. The minimum Gasteiger partial charge on any atom is -0.380 e. The zero-order valence-electron chi connectivity index (χ0n) is 11.2. The van der Waals surface area contributed by atoms with E-state index in [1.807, 2.05) is 37.3 Å². The van der Waals surface area contributed by atoms with E-state index < -0.39 is 0 Å². The summed E-state index contributed by atoms with van der Waals surface area (Å²) in [5.74, 6) is 0.438. The standard InChI is InChI=1S/C16H12BrFN2O/c1-9-6-11(8-13(18)7-9)15-14(16(19)20-21-15)10-2-4-12(17)5-3-10/h2-8H,1H3,(H2,19,20). The molecule has 3 aromatic rings. The number of aromatic nitrogens is 1. The van der Waals surface area contributed by atoms with Crippen LogP contribution in [0.25, 0.3) is 22.5 Å². The van der Waals surface area contributed by atoms with Crippen LogP contribution in [-0.2, 0) is 0 Å². The van der Waals surface area contributed by atoms with Crippen molar-refractivity contribution in [3.05, 3.63) is 58.3 Å². The van der Waals surface area contributed by atoms with Crippen molar-refractivity contribution in [2.45, 2.75) is 6.92 Å². The Hall–Kier alpha value is -2.14. The molecule has 106 valence electrons. The molecule has 2 aromatic carbocycles. The van der Waals surface area contributed by atoms with Crippen LogP contribution in [-0.4, -0.2) is 5.16 Å². The summed E-state index contributed by atoms with van der Waals surface area (Å²) in [6.07, 6.45) is 0. The molecule has 0 atom stereocenters. The van der Waals surface area contributed by atoms with Crippen molar-refractivity contribution in [3.63, 3.8) is 0 Å². The number of nitrogen functional groups attached to an aromatic ring is 1. The van der Waals surface area contributed by atoms with Gasteiger partial charge in [0.25, 0.3) is 0 Å². The Bertz CT molecular complexity index is 776. The number of nitrogens with two attached hydrogens (primary N) is 1. The molecule has 1 heterocycles. The quantitative estimate of drug-likeness (QED) is 0.724. The number of halogens is 2. The first-order chi connectivity index (χ1) is 10.0. The molecule has 3 rings (SSSR count). The summed E-state index contributed by atoms with van der Waals surface area (Å²) in [6.45, 7) is 1.83. The molecular weight excluding hydrogens is 335 g/mol. The molecule has 1 aromatic heterocycles. The average molecular weight is 347 g/mol. The van der Waals surface area contributed by atoms with Gasteiger partial charge in [-0.15, -0.1) is 0 Å². The van der Waals surface area contributed by atoms with Crippen molar-refractivity contribution >= 4 is 21.7 Å². The van der Waals surface area contributed by atoms with E-state index in [1.54, 1.807) is 0 Å². The van der Waals surface area contributed by atoms with Crippen LogP contribution in [0.15, 0.2) is 51.5 Å². The van der Waals surface area contributed by atoms with Gasteiger partial charge in [0, 0.05) is 10.0 Å². The number of hydrogen-bond donors (Lipinski definition) is 1. The molecular formula is C16H12BrFN2O. The maximum atomic E-state index is 13.6. The fourth-order valence-corrected chi connectivity index (χ4v) is 2.53. The Morgan fingerprint density at radius 3 is 2.48 bits per heavy atom. The largest absolute Gasteiger partial charge is 0.380 e. The van der Waals surface area contributed by atoms with E-state index in [-0.39, 0.29) is 11.6 Å². The van der Waals surface area contributed by atoms with Crippen molar-refractivity contribution in [1.29, 1.82) is 0 Å². The Labute approximate surface area is 129 Å². The second-order valence-corrected chi connectivity index (χ2v) is 5.71. The van der Waals surface area contributed by atoms with Crippen LogP contribution < -0.4 is 5.73 Å². The Kier molecular flexibility index (Phi) is 3.51. The van der Waals surface area contributed by atoms with Gasteiger partial charge in [-0.25, -0.2) is 4.39 Å². The highest BCUT2D eigenvalue weighted by atomic mass is 79.9. The lowest BCUT2D eigenvalue weighted by molar-refractivity contribution is 0.435. The van der Waals surface area contributed by atoms with Crippen LogP contribution in [0.2, 0.25) is 0 Å². The molecule has 2 N–H and O–H groups in total. The van der Waals surface area contributed by atoms with Gasteiger partial charge in [0.1, 0.15) is 5.82 Å². The highest BCUT2D eigenvalue weighted by Gasteiger charge is 2.18. The smallest absolute Gasteiger partial charge is 0.177 e. The maximum absolute atomic E-state index is 13.6. The molecule has 3 nitrogen and oxygen atoms in total. The summed E-state index contributed by atoms with van der Waals surface area (Å²) < 4.78 is 19.9. The van der Waals surface area contributed by atoms with Crippen molar-refractivity contribution in [1.82, 2.24) is 5.16 Å². The van der Waals surface area contributed by atoms with Crippen molar-refractivity contribution in [2.75, 3.05) is 5.73 Å². The van der Waals surface area contributed by atoms with Crippen LogP contribution in [0.5, 0.6) is 0 Å². The molecule has 0 aliphatic carbocycles. The van der Waals surface area contributed by atoms with Gasteiger partial charge in [-0.1, -0.05) is 33.2 Å². The third kappa shape index (κ3) is 2.69. The molecule has 0 amide bonds. The van der Waals surface area contributed by atoms with E-state index in [1.165, 1.54) is 12.1 Å². The van der Waals surface area contributed by atoms with Gasteiger partial charge in [-0.3, -0.25) is 0 Å².